The largest absolute Gasteiger partial charge is 0.350 e. The summed E-state index contributed by atoms with van der Waals surface area (Å²) in [6, 6.07) is 10.5. The first kappa shape index (κ1) is 13.2. The summed E-state index contributed by atoms with van der Waals surface area (Å²) in [5, 5.41) is 4.22. The maximum absolute atomic E-state index is 12.2. The van der Waals surface area contributed by atoms with Crippen LogP contribution >= 0.6 is 22.7 Å². The molecule has 0 aliphatic heterocycles. The monoisotopic (exact) mass is 316 g/mol. The molecule has 1 atom stereocenters. The molecule has 0 saturated heterocycles. The Labute approximate surface area is 130 Å². The number of fused-ring (bicyclic) bond motifs is 3. The predicted octanol–water partition coefficient (Wildman–Crippen LogP) is 3.58. The lowest BCUT2D eigenvalue weighted by Gasteiger charge is -2.10. The quantitative estimate of drug-likeness (QED) is 0.773. The normalized spacial score (nSPS) is 16.4. The smallest absolute Gasteiger partial charge is 0.261 e. The van der Waals surface area contributed by atoms with Crippen LogP contribution in [-0.2, 0) is 0 Å². The van der Waals surface area contributed by atoms with Crippen molar-refractivity contribution in [2.24, 2.45) is 11.7 Å². The van der Waals surface area contributed by atoms with Crippen molar-refractivity contribution in [2.75, 3.05) is 6.54 Å². The van der Waals surface area contributed by atoms with Gasteiger partial charge >= 0.3 is 0 Å². The molecule has 5 heteroatoms. The standard InChI is InChI=1S/C16H16N2OS2/c17-11(9-5-6-9)8-18-16(19)14-7-13-15(21-14)10-3-1-2-4-12(10)20-13/h1-4,7,9,11H,5-6,8,17H2,(H,18,19). The zero-order chi connectivity index (χ0) is 14.4. The number of amides is 1. The van der Waals surface area contributed by atoms with E-state index in [-0.39, 0.29) is 11.9 Å². The summed E-state index contributed by atoms with van der Waals surface area (Å²) in [5.41, 5.74) is 6.03. The lowest BCUT2D eigenvalue weighted by atomic mass is 10.2. The Bertz CT molecular complexity index is 816. The van der Waals surface area contributed by atoms with Crippen LogP contribution in [0.5, 0.6) is 0 Å². The molecule has 1 fully saturated rings. The molecule has 1 unspecified atom stereocenters. The topological polar surface area (TPSA) is 55.1 Å². The number of carbonyl (C=O) groups is 1. The molecule has 0 spiro atoms. The highest BCUT2D eigenvalue weighted by Gasteiger charge is 2.28. The Morgan fingerprint density at radius 2 is 2.10 bits per heavy atom. The van der Waals surface area contributed by atoms with Gasteiger partial charge in [-0.15, -0.1) is 22.7 Å². The molecular formula is C16H16N2OS2. The van der Waals surface area contributed by atoms with Crippen LogP contribution in [0.2, 0.25) is 0 Å². The average molecular weight is 316 g/mol. The Morgan fingerprint density at radius 1 is 1.29 bits per heavy atom. The van der Waals surface area contributed by atoms with Crippen LogP contribution in [0.25, 0.3) is 19.5 Å². The first-order valence-electron chi connectivity index (χ1n) is 7.17. The van der Waals surface area contributed by atoms with Gasteiger partial charge in [-0.25, -0.2) is 0 Å². The highest BCUT2D eigenvalue weighted by atomic mass is 32.1. The number of rotatable bonds is 4. The molecule has 3 N–H and O–H groups in total. The minimum absolute atomic E-state index is 0.00332. The first-order chi connectivity index (χ1) is 10.2. The molecular weight excluding hydrogens is 300 g/mol. The molecule has 1 amide bonds. The second-order valence-electron chi connectivity index (χ2n) is 5.61. The van der Waals surface area contributed by atoms with E-state index in [0.717, 1.165) is 4.88 Å². The van der Waals surface area contributed by atoms with Gasteiger partial charge in [0, 0.05) is 27.4 Å². The summed E-state index contributed by atoms with van der Waals surface area (Å²) in [7, 11) is 0. The zero-order valence-electron chi connectivity index (χ0n) is 11.5. The van der Waals surface area contributed by atoms with E-state index in [4.69, 9.17) is 5.73 Å². The van der Waals surface area contributed by atoms with Gasteiger partial charge in [-0.2, -0.15) is 0 Å². The van der Waals surface area contributed by atoms with E-state index in [2.05, 4.69) is 23.5 Å². The molecule has 21 heavy (non-hydrogen) atoms. The summed E-state index contributed by atoms with van der Waals surface area (Å²) in [5.74, 6) is 0.615. The first-order valence-corrected chi connectivity index (χ1v) is 8.80. The maximum atomic E-state index is 12.2. The van der Waals surface area contributed by atoms with Crippen molar-refractivity contribution in [1.29, 1.82) is 0 Å². The molecule has 3 aromatic rings. The van der Waals surface area contributed by atoms with Crippen molar-refractivity contribution < 1.29 is 4.79 Å². The molecule has 0 bridgehead atoms. The predicted molar refractivity (Wildman–Crippen MR) is 90.2 cm³/mol. The number of thiophene rings is 2. The third kappa shape index (κ3) is 2.46. The van der Waals surface area contributed by atoms with Gasteiger partial charge in [0.25, 0.3) is 5.91 Å². The summed E-state index contributed by atoms with van der Waals surface area (Å²) >= 11 is 3.32. The van der Waals surface area contributed by atoms with Crippen LogP contribution < -0.4 is 11.1 Å². The van der Waals surface area contributed by atoms with Gasteiger partial charge in [0.1, 0.15) is 0 Å². The van der Waals surface area contributed by atoms with Crippen LogP contribution in [0, 0.1) is 5.92 Å². The Balaban J connectivity index is 1.56. The number of benzene rings is 1. The minimum atomic E-state index is 0.00332. The van der Waals surface area contributed by atoms with E-state index < -0.39 is 0 Å². The van der Waals surface area contributed by atoms with E-state index in [1.54, 1.807) is 22.7 Å². The van der Waals surface area contributed by atoms with Gasteiger partial charge in [-0.3, -0.25) is 4.79 Å². The maximum Gasteiger partial charge on any atom is 0.261 e. The van der Waals surface area contributed by atoms with Crippen molar-refractivity contribution in [3.63, 3.8) is 0 Å². The summed E-state index contributed by atoms with van der Waals surface area (Å²) in [6.07, 6.45) is 2.41. The minimum Gasteiger partial charge on any atom is -0.350 e. The molecule has 2 aromatic heterocycles. The van der Waals surface area contributed by atoms with Gasteiger partial charge in [-0.1, -0.05) is 18.2 Å². The van der Waals surface area contributed by atoms with Gasteiger partial charge in [0.05, 0.1) is 9.58 Å². The third-order valence-electron chi connectivity index (χ3n) is 4.00. The van der Waals surface area contributed by atoms with E-state index in [1.165, 1.54) is 32.3 Å². The molecule has 4 rings (SSSR count). The highest BCUT2D eigenvalue weighted by molar-refractivity contribution is 7.33. The van der Waals surface area contributed by atoms with Crippen LogP contribution in [0.3, 0.4) is 0 Å². The second-order valence-corrected chi connectivity index (χ2v) is 7.75. The second kappa shape index (κ2) is 5.09. The number of carbonyl (C=O) groups excluding carboxylic acids is 1. The van der Waals surface area contributed by atoms with Gasteiger partial charge < -0.3 is 11.1 Å². The number of hydrogen-bond donors (Lipinski definition) is 2. The van der Waals surface area contributed by atoms with Crippen LogP contribution in [0.1, 0.15) is 22.5 Å². The van der Waals surface area contributed by atoms with Gasteiger partial charge in [0.2, 0.25) is 0 Å². The van der Waals surface area contributed by atoms with Crippen molar-refractivity contribution >= 4 is 48.1 Å². The molecule has 108 valence electrons. The fraction of sp³-hybridized carbons (Fsp3) is 0.312. The van der Waals surface area contributed by atoms with E-state index in [1.807, 2.05) is 12.1 Å². The Kier molecular flexibility index (Phi) is 3.21. The van der Waals surface area contributed by atoms with E-state index in [0.29, 0.717) is 12.5 Å². The number of nitrogens with two attached hydrogens (primary N) is 1. The zero-order valence-corrected chi connectivity index (χ0v) is 13.1. The SMILES string of the molecule is NC(CNC(=O)c1cc2sc3ccccc3c2s1)C1CC1. The summed E-state index contributed by atoms with van der Waals surface area (Å²) < 4.78 is 3.69. The average Bonchev–Trinajstić information content (AvgIpc) is 3.17. The molecule has 1 aromatic carbocycles. The highest BCUT2D eigenvalue weighted by Crippen LogP contribution is 2.39. The van der Waals surface area contributed by atoms with Crippen molar-refractivity contribution in [1.82, 2.24) is 5.32 Å². The van der Waals surface area contributed by atoms with E-state index >= 15 is 0 Å². The summed E-state index contributed by atoms with van der Waals surface area (Å²) in [6.45, 7) is 0.579. The lowest BCUT2D eigenvalue weighted by Crippen LogP contribution is -2.38. The van der Waals surface area contributed by atoms with Crippen LogP contribution in [0.15, 0.2) is 30.3 Å². The van der Waals surface area contributed by atoms with Gasteiger partial charge in [0.15, 0.2) is 0 Å². The van der Waals surface area contributed by atoms with Crippen molar-refractivity contribution in [3.05, 3.63) is 35.2 Å². The fourth-order valence-corrected chi connectivity index (χ4v) is 5.04. The Morgan fingerprint density at radius 3 is 2.90 bits per heavy atom. The Hall–Kier alpha value is -1.43. The molecule has 3 nitrogen and oxygen atoms in total. The number of hydrogen-bond acceptors (Lipinski definition) is 4. The molecule has 0 radical (unpaired) electrons. The van der Waals surface area contributed by atoms with Crippen molar-refractivity contribution in [3.8, 4) is 0 Å². The molecule has 1 aliphatic rings. The lowest BCUT2D eigenvalue weighted by molar-refractivity contribution is 0.0954. The summed E-state index contributed by atoms with van der Waals surface area (Å²) in [4.78, 5) is 13.0. The van der Waals surface area contributed by atoms with Crippen LogP contribution in [-0.4, -0.2) is 18.5 Å². The fourth-order valence-electron chi connectivity index (χ4n) is 2.60. The number of nitrogens with one attached hydrogen (secondary N) is 1. The molecule has 1 saturated carbocycles. The van der Waals surface area contributed by atoms with Gasteiger partial charge in [-0.05, 0) is 30.9 Å². The molecule has 2 heterocycles. The van der Waals surface area contributed by atoms with Crippen LogP contribution in [0.4, 0.5) is 0 Å². The van der Waals surface area contributed by atoms with E-state index in [9.17, 15) is 4.79 Å². The molecule has 1 aliphatic carbocycles. The van der Waals surface area contributed by atoms with Crippen molar-refractivity contribution in [2.45, 2.75) is 18.9 Å². The third-order valence-corrected chi connectivity index (χ3v) is 6.41.